The lowest BCUT2D eigenvalue weighted by atomic mass is 10.3. The van der Waals surface area contributed by atoms with Crippen molar-refractivity contribution >= 4 is 24.9 Å². The van der Waals surface area contributed by atoms with Gasteiger partial charge >= 0.3 is 7.82 Å². The first-order chi connectivity index (χ1) is 13.9. The van der Waals surface area contributed by atoms with E-state index in [-0.39, 0.29) is 17.2 Å². The van der Waals surface area contributed by atoms with Crippen LogP contribution in [0, 0.1) is 0 Å². The summed E-state index contributed by atoms with van der Waals surface area (Å²) in [7, 11) is -4.51. The molecular formula is C18H18N3O7P. The van der Waals surface area contributed by atoms with Gasteiger partial charge in [-0.2, -0.15) is 0 Å². The van der Waals surface area contributed by atoms with Crippen LogP contribution in [0.3, 0.4) is 0 Å². The molecule has 0 spiro atoms. The predicted octanol–water partition coefficient (Wildman–Crippen LogP) is 3.87. The van der Waals surface area contributed by atoms with E-state index in [4.69, 9.17) is 45.9 Å². The number of benzene rings is 3. The molecule has 0 atom stereocenters. The van der Waals surface area contributed by atoms with Crippen LogP contribution < -0.4 is 31.9 Å². The molecule has 0 saturated carbocycles. The van der Waals surface area contributed by atoms with Gasteiger partial charge in [-0.25, -0.2) is 4.57 Å². The van der Waals surface area contributed by atoms with Crippen molar-refractivity contribution < 1.29 is 33.3 Å². The smallest absolute Gasteiger partial charge is 0.399 e. The molecule has 0 radical (unpaired) electrons. The molecule has 0 aliphatic rings. The van der Waals surface area contributed by atoms with Crippen LogP contribution in [-0.4, -0.2) is 0 Å². The maximum absolute atomic E-state index is 12.8. The van der Waals surface area contributed by atoms with Gasteiger partial charge in [0.15, 0.2) is 17.2 Å². The van der Waals surface area contributed by atoms with Crippen molar-refractivity contribution in [3.63, 3.8) is 0 Å². The maximum Gasteiger partial charge on any atom is 0.583 e. The van der Waals surface area contributed by atoms with Crippen LogP contribution in [0.1, 0.15) is 0 Å². The fourth-order valence-electron chi connectivity index (χ4n) is 1.87. The third kappa shape index (κ3) is 6.30. The van der Waals surface area contributed by atoms with Gasteiger partial charge in [0.25, 0.3) is 0 Å². The van der Waals surface area contributed by atoms with Crippen molar-refractivity contribution in [1.82, 2.24) is 0 Å². The fourth-order valence-corrected chi connectivity index (χ4v) is 2.48. The molecule has 0 heterocycles. The van der Waals surface area contributed by atoms with Crippen molar-refractivity contribution in [3.05, 3.63) is 72.8 Å². The summed E-state index contributed by atoms with van der Waals surface area (Å²) in [5.41, 5.74) is 18.3. The first kappa shape index (κ1) is 20.3. The SMILES string of the molecule is Nc1ccc(OOP(=O)(OOc2ccc(N)cc2)OOc2ccc(N)cc2)cc1. The molecule has 29 heavy (non-hydrogen) atoms. The molecule has 0 aromatic heterocycles. The zero-order chi connectivity index (χ0) is 20.7. The number of hydrogen-bond acceptors (Lipinski definition) is 10. The van der Waals surface area contributed by atoms with Crippen molar-refractivity contribution in [2.24, 2.45) is 0 Å². The zero-order valence-corrected chi connectivity index (χ0v) is 15.9. The molecule has 0 saturated heterocycles. The number of rotatable bonds is 9. The Morgan fingerprint density at radius 2 is 0.724 bits per heavy atom. The summed E-state index contributed by atoms with van der Waals surface area (Å²) < 4.78 is 27.3. The summed E-state index contributed by atoms with van der Waals surface area (Å²) >= 11 is 0. The molecule has 0 amide bonds. The molecule has 3 aromatic carbocycles. The summed E-state index contributed by atoms with van der Waals surface area (Å²) in [4.78, 5) is 14.9. The molecule has 3 rings (SSSR count). The van der Waals surface area contributed by atoms with Crippen molar-refractivity contribution in [2.45, 2.75) is 0 Å². The van der Waals surface area contributed by atoms with Gasteiger partial charge in [0.05, 0.1) is 0 Å². The van der Waals surface area contributed by atoms with Gasteiger partial charge in [0.1, 0.15) is 0 Å². The molecule has 11 heteroatoms. The molecular weight excluding hydrogens is 401 g/mol. The van der Waals surface area contributed by atoms with Gasteiger partial charge in [-0.15, -0.1) is 0 Å². The van der Waals surface area contributed by atoms with Gasteiger partial charge < -0.3 is 31.9 Å². The van der Waals surface area contributed by atoms with E-state index in [0.29, 0.717) is 17.1 Å². The summed E-state index contributed by atoms with van der Waals surface area (Å²) in [5.74, 6) is 0.560. The quantitative estimate of drug-likeness (QED) is 0.202. The van der Waals surface area contributed by atoms with Gasteiger partial charge in [-0.3, -0.25) is 0 Å². The van der Waals surface area contributed by atoms with Crippen molar-refractivity contribution in [2.75, 3.05) is 17.2 Å². The van der Waals surface area contributed by atoms with Crippen LogP contribution in [0.25, 0.3) is 0 Å². The molecule has 0 unspecified atom stereocenters. The van der Waals surface area contributed by atoms with Gasteiger partial charge in [-0.05, 0) is 72.8 Å². The average molecular weight is 419 g/mol. The summed E-state index contributed by atoms with van der Waals surface area (Å²) in [6.45, 7) is 0. The standard InChI is InChI=1S/C18H18N3O7P/c19-13-1-7-16(8-2-13)23-26-29(22,27-24-17-9-3-14(20)4-10-17)28-25-18-11-5-15(21)6-12-18/h1-12H,19-21H2. The Morgan fingerprint density at radius 1 is 0.483 bits per heavy atom. The first-order valence-electron chi connectivity index (χ1n) is 8.17. The second-order valence-electron chi connectivity index (χ2n) is 5.63. The minimum Gasteiger partial charge on any atom is -0.399 e. The minimum absolute atomic E-state index is 0.187. The van der Waals surface area contributed by atoms with Crippen LogP contribution in [0.15, 0.2) is 72.8 Å². The molecule has 3 aromatic rings. The largest absolute Gasteiger partial charge is 0.583 e. The molecule has 6 N–H and O–H groups in total. The highest BCUT2D eigenvalue weighted by molar-refractivity contribution is 7.48. The Kier molecular flexibility index (Phi) is 6.43. The van der Waals surface area contributed by atoms with Crippen molar-refractivity contribution in [3.8, 4) is 17.2 Å². The third-order valence-corrected chi connectivity index (χ3v) is 4.09. The lowest BCUT2D eigenvalue weighted by Gasteiger charge is -2.15. The topological polar surface area (TPSA) is 151 Å². The third-order valence-electron chi connectivity index (χ3n) is 3.31. The molecule has 0 bridgehead atoms. The molecule has 0 aliphatic heterocycles. The van der Waals surface area contributed by atoms with Crippen LogP contribution in [-0.2, 0) is 18.6 Å². The van der Waals surface area contributed by atoms with E-state index >= 15 is 0 Å². The second kappa shape index (κ2) is 9.18. The normalized spacial score (nSPS) is 11.0. The maximum atomic E-state index is 12.8. The van der Waals surface area contributed by atoms with Gasteiger partial charge in [0, 0.05) is 17.1 Å². The second-order valence-corrected chi connectivity index (χ2v) is 6.97. The van der Waals surface area contributed by atoms with E-state index in [0.717, 1.165) is 0 Å². The molecule has 10 nitrogen and oxygen atoms in total. The molecule has 0 fully saturated rings. The van der Waals surface area contributed by atoms with E-state index in [2.05, 4.69) is 0 Å². The summed E-state index contributed by atoms with van der Waals surface area (Å²) in [6.07, 6.45) is 0. The van der Waals surface area contributed by atoms with E-state index in [1.54, 1.807) is 36.4 Å². The predicted molar refractivity (Wildman–Crippen MR) is 105 cm³/mol. The summed E-state index contributed by atoms with van der Waals surface area (Å²) in [5, 5.41) is 0. The fraction of sp³-hybridized carbons (Fsp3) is 0. The number of phosphoric acid groups is 1. The highest BCUT2D eigenvalue weighted by Gasteiger charge is 2.35. The highest BCUT2D eigenvalue weighted by Crippen LogP contribution is 2.50. The van der Waals surface area contributed by atoms with E-state index in [1.165, 1.54) is 36.4 Å². The molecule has 152 valence electrons. The first-order valence-corrected chi connectivity index (χ1v) is 9.63. The Morgan fingerprint density at radius 3 is 0.966 bits per heavy atom. The van der Waals surface area contributed by atoms with Crippen LogP contribution in [0.2, 0.25) is 0 Å². The van der Waals surface area contributed by atoms with Gasteiger partial charge in [0.2, 0.25) is 0 Å². The Labute approximate surface area is 166 Å². The Bertz CT molecular complexity index is 839. The van der Waals surface area contributed by atoms with Crippen molar-refractivity contribution in [1.29, 1.82) is 0 Å². The van der Waals surface area contributed by atoms with Gasteiger partial charge in [-0.1, -0.05) is 14.0 Å². The lowest BCUT2D eigenvalue weighted by Crippen LogP contribution is -2.08. The minimum atomic E-state index is -4.51. The van der Waals surface area contributed by atoms with E-state index < -0.39 is 7.82 Å². The molecule has 0 aliphatic carbocycles. The number of nitrogens with two attached hydrogens (primary N) is 3. The number of anilines is 3. The summed E-state index contributed by atoms with van der Waals surface area (Å²) in [6, 6.07) is 18.3. The monoisotopic (exact) mass is 419 g/mol. The van der Waals surface area contributed by atoms with Crippen LogP contribution in [0.4, 0.5) is 17.1 Å². The van der Waals surface area contributed by atoms with Crippen LogP contribution in [0.5, 0.6) is 17.2 Å². The zero-order valence-electron chi connectivity index (χ0n) is 15.0. The van der Waals surface area contributed by atoms with E-state index in [1.807, 2.05) is 0 Å². The highest BCUT2D eigenvalue weighted by atomic mass is 31.2. The lowest BCUT2D eigenvalue weighted by molar-refractivity contribution is -0.237. The Hall–Kier alpha value is -3.43. The Balaban J connectivity index is 1.67. The number of nitrogen functional groups attached to an aromatic ring is 3. The van der Waals surface area contributed by atoms with E-state index in [9.17, 15) is 4.57 Å². The average Bonchev–Trinajstić information content (AvgIpc) is 2.73. The van der Waals surface area contributed by atoms with Crippen LogP contribution >= 0.6 is 7.82 Å². The number of hydrogen-bond donors (Lipinski definition) is 3.